The van der Waals surface area contributed by atoms with E-state index < -0.39 is 0 Å². The van der Waals surface area contributed by atoms with Crippen molar-refractivity contribution in [2.45, 2.75) is 49.2 Å². The van der Waals surface area contributed by atoms with Crippen molar-refractivity contribution in [2.24, 2.45) is 0 Å². The van der Waals surface area contributed by atoms with Crippen molar-refractivity contribution < 1.29 is 4.79 Å². The Balaban J connectivity index is 1.96. The molecule has 3 rings (SSSR count). The number of aryl methyl sites for hydroxylation is 1. The molecule has 110 valence electrons. The second-order valence-corrected chi connectivity index (χ2v) is 7.08. The number of aromatic nitrogens is 3. The lowest BCUT2D eigenvalue weighted by atomic mass is 10.1. The SMILES string of the molecule is CC(=O)c1ccc(Br)cc1Sc1nnc2n1CCCCC2. The molecule has 0 atom stereocenters. The summed E-state index contributed by atoms with van der Waals surface area (Å²) in [7, 11) is 0. The lowest BCUT2D eigenvalue weighted by molar-refractivity contribution is 0.101. The maximum absolute atomic E-state index is 11.8. The minimum atomic E-state index is 0.0700. The van der Waals surface area contributed by atoms with Gasteiger partial charge in [-0.2, -0.15) is 0 Å². The number of carbonyl (C=O) groups excluding carboxylic acids is 1. The fourth-order valence-corrected chi connectivity index (χ4v) is 4.11. The van der Waals surface area contributed by atoms with Crippen molar-refractivity contribution in [3.63, 3.8) is 0 Å². The molecule has 0 unspecified atom stereocenters. The van der Waals surface area contributed by atoms with E-state index in [1.807, 2.05) is 18.2 Å². The maximum Gasteiger partial charge on any atom is 0.196 e. The Morgan fingerprint density at radius 1 is 1.29 bits per heavy atom. The fraction of sp³-hybridized carbons (Fsp3) is 0.400. The van der Waals surface area contributed by atoms with Gasteiger partial charge in [0.1, 0.15) is 5.82 Å². The Morgan fingerprint density at radius 2 is 2.14 bits per heavy atom. The van der Waals surface area contributed by atoms with E-state index in [1.165, 1.54) is 24.6 Å². The third-order valence-corrected chi connectivity index (χ3v) is 5.14. The summed E-state index contributed by atoms with van der Waals surface area (Å²) in [6.45, 7) is 2.56. The number of benzene rings is 1. The summed E-state index contributed by atoms with van der Waals surface area (Å²) in [6, 6.07) is 5.72. The molecule has 0 N–H and O–H groups in total. The first-order chi connectivity index (χ1) is 10.1. The monoisotopic (exact) mass is 365 g/mol. The molecule has 6 heteroatoms. The zero-order valence-electron chi connectivity index (χ0n) is 11.8. The van der Waals surface area contributed by atoms with E-state index in [4.69, 9.17) is 0 Å². The van der Waals surface area contributed by atoms with Gasteiger partial charge in [-0.05, 0) is 49.7 Å². The van der Waals surface area contributed by atoms with Gasteiger partial charge < -0.3 is 4.57 Å². The molecule has 0 fully saturated rings. The average molecular weight is 366 g/mol. The van der Waals surface area contributed by atoms with Gasteiger partial charge in [-0.3, -0.25) is 4.79 Å². The van der Waals surface area contributed by atoms with Crippen molar-refractivity contribution >= 4 is 33.5 Å². The molecule has 1 aromatic heterocycles. The summed E-state index contributed by atoms with van der Waals surface area (Å²) in [5, 5.41) is 9.50. The number of fused-ring (bicyclic) bond motifs is 1. The molecule has 0 bridgehead atoms. The summed E-state index contributed by atoms with van der Waals surface area (Å²) in [5.41, 5.74) is 0.731. The first kappa shape index (κ1) is 14.8. The number of nitrogens with zero attached hydrogens (tertiary/aromatic N) is 3. The molecule has 2 aromatic rings. The zero-order valence-corrected chi connectivity index (χ0v) is 14.2. The number of hydrogen-bond acceptors (Lipinski definition) is 4. The zero-order chi connectivity index (χ0) is 14.8. The highest BCUT2D eigenvalue weighted by Gasteiger charge is 2.17. The highest BCUT2D eigenvalue weighted by Crippen LogP contribution is 2.33. The van der Waals surface area contributed by atoms with E-state index in [1.54, 1.807) is 6.92 Å². The highest BCUT2D eigenvalue weighted by atomic mass is 79.9. The quantitative estimate of drug-likeness (QED) is 0.767. The predicted octanol–water partition coefficient (Wildman–Crippen LogP) is 4.12. The van der Waals surface area contributed by atoms with Gasteiger partial charge in [0.15, 0.2) is 10.9 Å². The minimum Gasteiger partial charge on any atom is -0.306 e. The first-order valence-electron chi connectivity index (χ1n) is 7.05. The number of hydrogen-bond donors (Lipinski definition) is 0. The van der Waals surface area contributed by atoms with Gasteiger partial charge in [-0.15, -0.1) is 10.2 Å². The standard InChI is InChI=1S/C15H16BrN3OS/c1-10(20)12-7-6-11(16)9-13(12)21-15-18-17-14-5-3-2-4-8-19(14)15/h6-7,9H,2-5,8H2,1H3. The summed E-state index contributed by atoms with van der Waals surface area (Å²) in [5.74, 6) is 1.13. The third-order valence-electron chi connectivity index (χ3n) is 3.60. The van der Waals surface area contributed by atoms with Crippen LogP contribution in [0.2, 0.25) is 0 Å². The van der Waals surface area contributed by atoms with Crippen LogP contribution < -0.4 is 0 Å². The number of carbonyl (C=O) groups is 1. The first-order valence-corrected chi connectivity index (χ1v) is 8.66. The lowest BCUT2D eigenvalue weighted by Crippen LogP contribution is -2.03. The normalized spacial score (nSPS) is 14.6. The Bertz CT molecular complexity index is 684. The van der Waals surface area contributed by atoms with Crippen LogP contribution in [0.25, 0.3) is 0 Å². The Labute approximate surface area is 136 Å². The summed E-state index contributed by atoms with van der Waals surface area (Å²) in [6.07, 6.45) is 4.57. The van der Waals surface area contributed by atoms with Crippen molar-refractivity contribution in [3.8, 4) is 0 Å². The predicted molar refractivity (Wildman–Crippen MR) is 85.8 cm³/mol. The van der Waals surface area contributed by atoms with Gasteiger partial charge >= 0.3 is 0 Å². The molecule has 1 aliphatic heterocycles. The van der Waals surface area contributed by atoms with Crippen LogP contribution >= 0.6 is 27.7 Å². The number of Topliss-reactive ketones (excluding diaryl/α,β-unsaturated/α-hetero) is 1. The Hall–Kier alpha value is -1.14. The Morgan fingerprint density at radius 3 is 2.95 bits per heavy atom. The van der Waals surface area contributed by atoms with Gasteiger partial charge in [-0.25, -0.2) is 0 Å². The van der Waals surface area contributed by atoms with Crippen LogP contribution in [-0.4, -0.2) is 20.5 Å². The van der Waals surface area contributed by atoms with Gasteiger partial charge in [0, 0.05) is 27.9 Å². The maximum atomic E-state index is 11.8. The number of halogens is 1. The number of ketones is 1. The lowest BCUT2D eigenvalue weighted by Gasteiger charge is -2.09. The summed E-state index contributed by atoms with van der Waals surface area (Å²) in [4.78, 5) is 12.7. The van der Waals surface area contributed by atoms with Crippen molar-refractivity contribution in [1.29, 1.82) is 0 Å². The topological polar surface area (TPSA) is 47.8 Å². The van der Waals surface area contributed by atoms with E-state index in [9.17, 15) is 4.79 Å². The van der Waals surface area contributed by atoms with Crippen LogP contribution in [-0.2, 0) is 13.0 Å². The average Bonchev–Trinajstić information content (AvgIpc) is 2.68. The second-order valence-electron chi connectivity index (χ2n) is 5.16. The highest BCUT2D eigenvalue weighted by molar-refractivity contribution is 9.10. The van der Waals surface area contributed by atoms with Crippen LogP contribution in [0.4, 0.5) is 0 Å². The largest absolute Gasteiger partial charge is 0.306 e. The van der Waals surface area contributed by atoms with E-state index in [2.05, 4.69) is 30.7 Å². The van der Waals surface area contributed by atoms with Gasteiger partial charge in [0.05, 0.1) is 0 Å². The van der Waals surface area contributed by atoms with E-state index >= 15 is 0 Å². The van der Waals surface area contributed by atoms with Crippen molar-refractivity contribution in [1.82, 2.24) is 14.8 Å². The molecule has 0 saturated carbocycles. The van der Waals surface area contributed by atoms with Crippen LogP contribution in [0.15, 0.2) is 32.7 Å². The van der Waals surface area contributed by atoms with Crippen LogP contribution in [0.1, 0.15) is 42.4 Å². The van der Waals surface area contributed by atoms with Gasteiger partial charge in [0.25, 0.3) is 0 Å². The molecule has 2 heterocycles. The molecular formula is C15H16BrN3OS. The molecule has 0 saturated heterocycles. The molecule has 0 spiro atoms. The molecule has 21 heavy (non-hydrogen) atoms. The molecule has 0 radical (unpaired) electrons. The van der Waals surface area contributed by atoms with Gasteiger partial charge in [0.2, 0.25) is 0 Å². The molecule has 0 amide bonds. The summed E-state index contributed by atoms with van der Waals surface area (Å²) < 4.78 is 3.16. The van der Waals surface area contributed by atoms with E-state index in [-0.39, 0.29) is 5.78 Å². The molecule has 1 aliphatic rings. The Kier molecular flexibility index (Phi) is 4.45. The van der Waals surface area contributed by atoms with Gasteiger partial charge in [-0.1, -0.05) is 22.4 Å². The fourth-order valence-electron chi connectivity index (χ4n) is 2.50. The van der Waals surface area contributed by atoms with Crippen molar-refractivity contribution in [2.75, 3.05) is 0 Å². The molecule has 4 nitrogen and oxygen atoms in total. The minimum absolute atomic E-state index is 0.0700. The van der Waals surface area contributed by atoms with E-state index in [0.29, 0.717) is 0 Å². The molecule has 1 aromatic carbocycles. The third kappa shape index (κ3) is 3.21. The van der Waals surface area contributed by atoms with Crippen LogP contribution in [0, 0.1) is 0 Å². The van der Waals surface area contributed by atoms with E-state index in [0.717, 1.165) is 45.3 Å². The summed E-state index contributed by atoms with van der Waals surface area (Å²) >= 11 is 5.00. The second kappa shape index (κ2) is 6.32. The smallest absolute Gasteiger partial charge is 0.196 e. The van der Waals surface area contributed by atoms with Crippen LogP contribution in [0.3, 0.4) is 0 Å². The number of rotatable bonds is 3. The van der Waals surface area contributed by atoms with Crippen molar-refractivity contribution in [3.05, 3.63) is 34.1 Å². The molecular weight excluding hydrogens is 350 g/mol. The van der Waals surface area contributed by atoms with Crippen LogP contribution in [0.5, 0.6) is 0 Å². The molecule has 0 aliphatic carbocycles.